The number of hydrogen-bond donors (Lipinski definition) is 2. The highest BCUT2D eigenvalue weighted by Crippen LogP contribution is 2.27. The summed E-state index contributed by atoms with van der Waals surface area (Å²) in [5.74, 6) is -2.15. The fraction of sp³-hybridized carbons (Fsp3) is 0.786. The Morgan fingerprint density at radius 2 is 1.95 bits per heavy atom. The molecule has 2 rings (SSSR count). The first-order valence-electron chi connectivity index (χ1n) is 7.35. The van der Waals surface area contributed by atoms with Crippen molar-refractivity contribution in [3.8, 4) is 0 Å². The maximum absolute atomic E-state index is 13.9. The summed E-state index contributed by atoms with van der Waals surface area (Å²) < 4.78 is 13.9. The molecule has 0 bridgehead atoms. The molecule has 0 aromatic rings. The Kier molecular flexibility index (Phi) is 4.49. The number of alkyl halides is 1. The molecule has 1 saturated carbocycles. The standard InChI is InChI=1S/C14H21FN2O4/c1-9(16-11(18)10-4-2-3-5-10)12(19)17-7-6-14(15,8-17)13(20)21/h9-10H,2-8H2,1H3,(H,16,18)(H,20,21). The van der Waals surface area contributed by atoms with Crippen LogP contribution in [0.5, 0.6) is 0 Å². The summed E-state index contributed by atoms with van der Waals surface area (Å²) in [4.78, 5) is 36.1. The number of likely N-dealkylation sites (tertiary alicyclic amines) is 1. The van der Waals surface area contributed by atoms with Crippen LogP contribution in [0, 0.1) is 5.92 Å². The van der Waals surface area contributed by atoms with E-state index in [-0.39, 0.29) is 24.8 Å². The molecule has 0 aromatic heterocycles. The van der Waals surface area contributed by atoms with Crippen molar-refractivity contribution in [2.75, 3.05) is 13.1 Å². The molecule has 0 spiro atoms. The van der Waals surface area contributed by atoms with Crippen molar-refractivity contribution in [1.29, 1.82) is 0 Å². The molecule has 1 aliphatic heterocycles. The number of carboxylic acid groups (broad SMARTS) is 1. The smallest absolute Gasteiger partial charge is 0.343 e. The second-order valence-corrected chi connectivity index (χ2v) is 5.99. The minimum Gasteiger partial charge on any atom is -0.479 e. The Balaban J connectivity index is 1.88. The van der Waals surface area contributed by atoms with E-state index in [1.807, 2.05) is 0 Å². The molecule has 2 fully saturated rings. The van der Waals surface area contributed by atoms with Crippen LogP contribution in [-0.4, -0.2) is 52.6 Å². The fourth-order valence-corrected chi connectivity index (χ4v) is 2.99. The Bertz CT molecular complexity index is 450. The summed E-state index contributed by atoms with van der Waals surface area (Å²) in [6, 6.07) is -0.755. The van der Waals surface area contributed by atoms with Crippen molar-refractivity contribution in [2.45, 2.75) is 50.7 Å². The summed E-state index contributed by atoms with van der Waals surface area (Å²) in [5.41, 5.74) is -2.37. The summed E-state index contributed by atoms with van der Waals surface area (Å²) in [6.07, 6.45) is 3.51. The highest BCUT2D eigenvalue weighted by Gasteiger charge is 2.47. The van der Waals surface area contributed by atoms with Crippen molar-refractivity contribution in [3.05, 3.63) is 0 Å². The SMILES string of the molecule is CC(NC(=O)C1CCCC1)C(=O)N1CCC(F)(C(=O)O)C1. The first-order valence-corrected chi connectivity index (χ1v) is 7.35. The molecule has 0 aromatic carbocycles. The van der Waals surface area contributed by atoms with Gasteiger partial charge in [-0.2, -0.15) is 0 Å². The number of rotatable bonds is 4. The number of carbonyl (C=O) groups excluding carboxylic acids is 2. The third-order valence-electron chi connectivity index (χ3n) is 4.37. The van der Waals surface area contributed by atoms with Crippen molar-refractivity contribution < 1.29 is 23.9 Å². The molecule has 6 nitrogen and oxygen atoms in total. The molecule has 0 radical (unpaired) electrons. The summed E-state index contributed by atoms with van der Waals surface area (Å²) in [5, 5.41) is 11.5. The van der Waals surface area contributed by atoms with Gasteiger partial charge in [0.1, 0.15) is 6.04 Å². The number of nitrogens with one attached hydrogen (secondary N) is 1. The van der Waals surface area contributed by atoms with E-state index in [4.69, 9.17) is 5.11 Å². The molecular formula is C14H21FN2O4. The van der Waals surface area contributed by atoms with Crippen LogP contribution in [0.1, 0.15) is 39.0 Å². The maximum Gasteiger partial charge on any atom is 0.343 e. The second-order valence-electron chi connectivity index (χ2n) is 5.99. The molecular weight excluding hydrogens is 279 g/mol. The summed E-state index contributed by atoms with van der Waals surface area (Å²) >= 11 is 0. The van der Waals surface area contributed by atoms with Gasteiger partial charge in [-0.05, 0) is 19.8 Å². The van der Waals surface area contributed by atoms with Gasteiger partial charge in [-0.15, -0.1) is 0 Å². The van der Waals surface area contributed by atoms with Crippen LogP contribution in [-0.2, 0) is 14.4 Å². The van der Waals surface area contributed by atoms with E-state index < -0.39 is 30.1 Å². The molecule has 21 heavy (non-hydrogen) atoms. The van der Waals surface area contributed by atoms with Crippen molar-refractivity contribution in [1.82, 2.24) is 10.2 Å². The van der Waals surface area contributed by atoms with Gasteiger partial charge in [-0.1, -0.05) is 12.8 Å². The monoisotopic (exact) mass is 300 g/mol. The van der Waals surface area contributed by atoms with Crippen LogP contribution in [0.3, 0.4) is 0 Å². The van der Waals surface area contributed by atoms with Crippen LogP contribution in [0.25, 0.3) is 0 Å². The minimum atomic E-state index is -2.37. The number of halogens is 1. The van der Waals surface area contributed by atoms with E-state index in [1.54, 1.807) is 6.92 Å². The summed E-state index contributed by atoms with van der Waals surface area (Å²) in [7, 11) is 0. The average molecular weight is 300 g/mol. The molecule has 7 heteroatoms. The van der Waals surface area contributed by atoms with Gasteiger partial charge in [-0.25, -0.2) is 9.18 Å². The predicted octanol–water partition coefficient (Wildman–Crippen LogP) is 0.706. The molecule has 2 unspecified atom stereocenters. The zero-order valence-corrected chi connectivity index (χ0v) is 12.1. The Morgan fingerprint density at radius 1 is 1.33 bits per heavy atom. The van der Waals surface area contributed by atoms with E-state index in [0.29, 0.717) is 0 Å². The lowest BCUT2D eigenvalue weighted by atomic mass is 10.1. The lowest BCUT2D eigenvalue weighted by Gasteiger charge is -2.23. The van der Waals surface area contributed by atoms with Crippen molar-refractivity contribution in [3.63, 3.8) is 0 Å². The van der Waals surface area contributed by atoms with Crippen LogP contribution < -0.4 is 5.32 Å². The predicted molar refractivity (Wildman–Crippen MR) is 72.2 cm³/mol. The van der Waals surface area contributed by atoms with E-state index in [0.717, 1.165) is 25.7 Å². The van der Waals surface area contributed by atoms with Crippen molar-refractivity contribution in [2.24, 2.45) is 5.92 Å². The molecule has 1 heterocycles. The quantitative estimate of drug-likeness (QED) is 0.800. The van der Waals surface area contributed by atoms with Crippen LogP contribution in [0.15, 0.2) is 0 Å². The third kappa shape index (κ3) is 3.33. The van der Waals surface area contributed by atoms with Crippen LogP contribution in [0.4, 0.5) is 4.39 Å². The van der Waals surface area contributed by atoms with E-state index in [9.17, 15) is 18.8 Å². The number of carbonyl (C=O) groups is 3. The topological polar surface area (TPSA) is 86.7 Å². The fourth-order valence-electron chi connectivity index (χ4n) is 2.99. The van der Waals surface area contributed by atoms with Crippen LogP contribution >= 0.6 is 0 Å². The third-order valence-corrected chi connectivity index (χ3v) is 4.37. The molecule has 118 valence electrons. The van der Waals surface area contributed by atoms with Gasteiger partial charge in [0.05, 0.1) is 6.54 Å². The van der Waals surface area contributed by atoms with Crippen molar-refractivity contribution >= 4 is 17.8 Å². The first-order chi connectivity index (χ1) is 9.83. The van der Waals surface area contributed by atoms with E-state index >= 15 is 0 Å². The van der Waals surface area contributed by atoms with Gasteiger partial charge in [0.25, 0.3) is 0 Å². The molecule has 2 N–H and O–H groups in total. The molecule has 1 saturated heterocycles. The minimum absolute atomic E-state index is 0.0434. The summed E-state index contributed by atoms with van der Waals surface area (Å²) in [6.45, 7) is 1.16. The van der Waals surface area contributed by atoms with Crippen LogP contribution in [0.2, 0.25) is 0 Å². The number of hydrogen-bond acceptors (Lipinski definition) is 3. The van der Waals surface area contributed by atoms with Gasteiger partial charge >= 0.3 is 5.97 Å². The van der Waals surface area contributed by atoms with Gasteiger partial charge in [0, 0.05) is 18.9 Å². The number of aliphatic carboxylic acids is 1. The average Bonchev–Trinajstić information content (AvgIpc) is 3.07. The molecule has 2 aliphatic rings. The Labute approximate surface area is 122 Å². The number of carboxylic acids is 1. The highest BCUT2D eigenvalue weighted by atomic mass is 19.1. The second kappa shape index (κ2) is 5.99. The zero-order chi connectivity index (χ0) is 15.6. The first kappa shape index (κ1) is 15.7. The number of amides is 2. The molecule has 2 amide bonds. The zero-order valence-electron chi connectivity index (χ0n) is 12.1. The van der Waals surface area contributed by atoms with Gasteiger partial charge in [0.2, 0.25) is 17.5 Å². The van der Waals surface area contributed by atoms with E-state index in [1.165, 1.54) is 4.90 Å². The maximum atomic E-state index is 13.9. The lowest BCUT2D eigenvalue weighted by molar-refractivity contribution is -0.150. The van der Waals surface area contributed by atoms with Gasteiger partial charge in [0.15, 0.2) is 0 Å². The highest BCUT2D eigenvalue weighted by molar-refractivity contribution is 5.89. The largest absolute Gasteiger partial charge is 0.479 e. The molecule has 1 aliphatic carbocycles. The number of nitrogens with zero attached hydrogens (tertiary/aromatic N) is 1. The van der Waals surface area contributed by atoms with Gasteiger partial charge in [-0.3, -0.25) is 9.59 Å². The molecule has 2 atom stereocenters. The lowest BCUT2D eigenvalue weighted by Crippen LogP contribution is -2.49. The normalized spacial score (nSPS) is 27.6. The van der Waals surface area contributed by atoms with E-state index in [2.05, 4.69) is 5.32 Å². The Hall–Kier alpha value is -1.66. The Morgan fingerprint density at radius 3 is 2.48 bits per heavy atom. The van der Waals surface area contributed by atoms with Gasteiger partial charge < -0.3 is 15.3 Å².